The molecule has 1 aliphatic carbocycles. The molecule has 2 fully saturated rings. The number of aliphatic carboxylic acids is 1. The molecule has 1 saturated carbocycles. The fraction of sp³-hybridized carbons (Fsp3) is 0.579. The normalized spacial score (nSPS) is 20.5. The van der Waals surface area contributed by atoms with Gasteiger partial charge in [-0.3, -0.25) is 4.79 Å². The molecule has 30 heavy (non-hydrogen) atoms. The number of rotatable bonds is 3. The molecule has 0 radical (unpaired) electrons. The molecule has 4 N–H and O–H groups in total. The van der Waals surface area contributed by atoms with Crippen LogP contribution in [0.1, 0.15) is 44.1 Å². The number of carboxylic acids is 1. The van der Waals surface area contributed by atoms with Gasteiger partial charge in [-0.15, -0.1) is 0 Å². The number of likely N-dealkylation sites (tertiary alicyclic amines) is 1. The monoisotopic (exact) mass is 430 g/mol. The van der Waals surface area contributed by atoms with Crippen LogP contribution < -0.4 is 11.1 Å². The van der Waals surface area contributed by atoms with Gasteiger partial charge in [-0.25, -0.2) is 19.5 Å². The largest absolute Gasteiger partial charge is 0.480 e. The van der Waals surface area contributed by atoms with Crippen molar-refractivity contribution in [3.63, 3.8) is 0 Å². The van der Waals surface area contributed by atoms with E-state index >= 15 is 0 Å². The van der Waals surface area contributed by atoms with Crippen LogP contribution in [0.4, 0.5) is 23.8 Å². The molecule has 1 aliphatic heterocycles. The molecule has 11 heteroatoms. The first-order valence-corrected chi connectivity index (χ1v) is 9.61. The van der Waals surface area contributed by atoms with Crippen LogP contribution >= 0.6 is 0 Å². The van der Waals surface area contributed by atoms with E-state index < -0.39 is 42.1 Å². The molecule has 2 unspecified atom stereocenters. The Kier molecular flexibility index (Phi) is 7.63. The van der Waals surface area contributed by atoms with Crippen LogP contribution in [0.15, 0.2) is 18.3 Å². The van der Waals surface area contributed by atoms with Crippen molar-refractivity contribution in [2.45, 2.75) is 63.7 Å². The van der Waals surface area contributed by atoms with Gasteiger partial charge in [0.1, 0.15) is 17.9 Å². The average Bonchev–Trinajstić information content (AvgIpc) is 2.64. The van der Waals surface area contributed by atoms with Crippen molar-refractivity contribution in [3.8, 4) is 0 Å². The number of carboxylic acid groups (broad SMARTS) is 1. The minimum absolute atomic E-state index is 0.348. The predicted molar refractivity (Wildman–Crippen MR) is 101 cm³/mol. The summed E-state index contributed by atoms with van der Waals surface area (Å²) in [6, 6.07) is -0.969. The number of carbonyl (C=O) groups is 3. The van der Waals surface area contributed by atoms with Gasteiger partial charge < -0.3 is 16.2 Å². The molecule has 0 aromatic carbocycles. The third-order valence-electron chi connectivity index (χ3n) is 5.14. The molecule has 0 bridgehead atoms. The van der Waals surface area contributed by atoms with E-state index in [2.05, 4.69) is 4.98 Å². The number of aromatic nitrogens is 1. The number of nitrogens with one attached hydrogen (secondary N) is 1. The first-order chi connectivity index (χ1) is 14.0. The minimum Gasteiger partial charge on any atom is -0.480 e. The first-order valence-electron chi connectivity index (χ1n) is 9.61. The molecule has 1 aromatic rings. The fourth-order valence-corrected chi connectivity index (χ4v) is 3.57. The van der Waals surface area contributed by atoms with E-state index in [9.17, 15) is 27.6 Å². The Labute approximate surface area is 171 Å². The van der Waals surface area contributed by atoms with E-state index in [1.165, 1.54) is 0 Å². The highest BCUT2D eigenvalue weighted by Gasteiger charge is 2.50. The van der Waals surface area contributed by atoms with Crippen LogP contribution in [-0.2, 0) is 9.59 Å². The highest BCUT2D eigenvalue weighted by atomic mass is 19.4. The van der Waals surface area contributed by atoms with E-state index in [1.54, 1.807) is 6.20 Å². The van der Waals surface area contributed by atoms with E-state index in [-0.39, 0.29) is 6.42 Å². The van der Waals surface area contributed by atoms with Crippen molar-refractivity contribution in [3.05, 3.63) is 23.9 Å². The van der Waals surface area contributed by atoms with Gasteiger partial charge in [0.2, 0.25) is 5.91 Å². The summed E-state index contributed by atoms with van der Waals surface area (Å²) in [4.78, 5) is 38.2. The van der Waals surface area contributed by atoms with Crippen LogP contribution in [0, 0.1) is 12.8 Å². The number of amides is 3. The smallest absolute Gasteiger partial charge is 0.408 e. The Morgan fingerprint density at radius 1 is 1.30 bits per heavy atom. The van der Waals surface area contributed by atoms with E-state index in [0.29, 0.717) is 36.4 Å². The molecule has 0 spiro atoms. The highest BCUT2D eigenvalue weighted by molar-refractivity contribution is 6.05. The number of imide groups is 1. The molecule has 3 amide bonds. The summed E-state index contributed by atoms with van der Waals surface area (Å²) >= 11 is 0. The van der Waals surface area contributed by atoms with Crippen LogP contribution in [0.5, 0.6) is 0 Å². The second-order valence-electron chi connectivity index (χ2n) is 7.45. The number of anilines is 1. The Morgan fingerprint density at radius 2 is 1.93 bits per heavy atom. The average molecular weight is 430 g/mol. The number of alkyl halides is 3. The van der Waals surface area contributed by atoms with Crippen molar-refractivity contribution < 1.29 is 32.7 Å². The minimum atomic E-state index is -4.63. The molecule has 166 valence electrons. The third-order valence-corrected chi connectivity index (χ3v) is 5.14. The summed E-state index contributed by atoms with van der Waals surface area (Å²) in [7, 11) is 0. The van der Waals surface area contributed by atoms with Crippen molar-refractivity contribution >= 4 is 23.7 Å². The number of aryl methyl sites for hydroxylation is 1. The summed E-state index contributed by atoms with van der Waals surface area (Å²) < 4.78 is 39.5. The zero-order valence-corrected chi connectivity index (χ0v) is 16.5. The number of urea groups is 1. The summed E-state index contributed by atoms with van der Waals surface area (Å²) in [6.07, 6.45) is -0.429. The van der Waals surface area contributed by atoms with Gasteiger partial charge in [0.15, 0.2) is 0 Å². The lowest BCUT2D eigenvalue weighted by Gasteiger charge is -2.38. The molecule has 1 aromatic heterocycles. The van der Waals surface area contributed by atoms with Gasteiger partial charge in [0, 0.05) is 6.20 Å². The van der Waals surface area contributed by atoms with Crippen molar-refractivity contribution in [1.82, 2.24) is 15.2 Å². The number of nitrogens with zero attached hydrogens (tertiary/aromatic N) is 2. The molecule has 2 heterocycles. The molecular weight excluding hydrogens is 405 g/mol. The Balaban J connectivity index is 0.000000335. The predicted octanol–water partition coefficient (Wildman–Crippen LogP) is 2.86. The first kappa shape index (κ1) is 23.4. The van der Waals surface area contributed by atoms with Gasteiger partial charge >= 0.3 is 18.2 Å². The van der Waals surface area contributed by atoms with Crippen molar-refractivity contribution in [2.24, 2.45) is 5.92 Å². The summed E-state index contributed by atoms with van der Waals surface area (Å²) in [5.74, 6) is -2.34. The number of β-lactam (4-membered cyclic amide) rings is 1. The van der Waals surface area contributed by atoms with Crippen LogP contribution in [0.3, 0.4) is 0 Å². The number of pyridine rings is 1. The van der Waals surface area contributed by atoms with Crippen molar-refractivity contribution in [1.29, 1.82) is 0 Å². The molecule has 8 nitrogen and oxygen atoms in total. The summed E-state index contributed by atoms with van der Waals surface area (Å²) in [6.45, 7) is 1.98. The van der Waals surface area contributed by atoms with Crippen LogP contribution in [0.25, 0.3) is 0 Å². The SMILES string of the molecule is Cc1ccnc(N)c1.O=C(O)C1CC(=O)N1C(=O)NC(C1CCCCC1)C(F)(F)F. The van der Waals surface area contributed by atoms with E-state index in [4.69, 9.17) is 10.8 Å². The maximum atomic E-state index is 13.2. The number of hydrogen-bond donors (Lipinski definition) is 3. The third kappa shape index (κ3) is 6.07. The zero-order chi connectivity index (χ0) is 22.5. The Bertz CT molecular complexity index is 764. The molecule has 2 atom stereocenters. The van der Waals surface area contributed by atoms with Crippen molar-refractivity contribution in [2.75, 3.05) is 5.73 Å². The van der Waals surface area contributed by atoms with Gasteiger partial charge in [0.05, 0.1) is 6.42 Å². The lowest BCUT2D eigenvalue weighted by atomic mass is 9.83. The highest BCUT2D eigenvalue weighted by Crippen LogP contribution is 2.35. The fourth-order valence-electron chi connectivity index (χ4n) is 3.57. The molecule has 2 aliphatic rings. The van der Waals surface area contributed by atoms with Gasteiger partial charge in [0.25, 0.3) is 0 Å². The van der Waals surface area contributed by atoms with Crippen LogP contribution in [0.2, 0.25) is 0 Å². The molecular formula is C19H25F3N4O4. The van der Waals surface area contributed by atoms with Gasteiger partial charge in [-0.2, -0.15) is 13.2 Å². The topological polar surface area (TPSA) is 126 Å². The van der Waals surface area contributed by atoms with Crippen LogP contribution in [-0.4, -0.2) is 51.2 Å². The molecule has 3 rings (SSSR count). The number of hydrogen-bond acceptors (Lipinski definition) is 5. The maximum absolute atomic E-state index is 13.2. The van der Waals surface area contributed by atoms with E-state index in [0.717, 1.165) is 12.0 Å². The summed E-state index contributed by atoms with van der Waals surface area (Å²) in [5.41, 5.74) is 6.50. The quantitative estimate of drug-likeness (QED) is 0.633. The summed E-state index contributed by atoms with van der Waals surface area (Å²) in [5, 5.41) is 10.6. The lowest BCUT2D eigenvalue weighted by molar-refractivity contribution is -0.170. The number of nitrogen functional groups attached to an aromatic ring is 1. The Hall–Kier alpha value is -2.85. The molecule has 1 saturated heterocycles. The second-order valence-corrected chi connectivity index (χ2v) is 7.45. The number of nitrogens with two attached hydrogens (primary N) is 1. The number of carbonyl (C=O) groups excluding carboxylic acids is 2. The standard InChI is InChI=1S/C13H17F3N2O4.C6H8N2/c14-13(15,16)10(7-4-2-1-3-5-7)17-12(22)18-8(11(20)21)6-9(18)19;1-5-2-3-8-6(7)4-5/h7-8,10H,1-6H2,(H,17,22)(H,20,21);2-4H,1H3,(H2,7,8). The number of halogens is 3. The van der Waals surface area contributed by atoms with E-state index in [1.807, 2.05) is 24.4 Å². The lowest BCUT2D eigenvalue weighted by Crippen LogP contribution is -2.64. The van der Waals surface area contributed by atoms with Gasteiger partial charge in [-0.1, -0.05) is 19.3 Å². The Morgan fingerprint density at radius 3 is 2.37 bits per heavy atom. The second kappa shape index (κ2) is 9.77. The van der Waals surface area contributed by atoms with Gasteiger partial charge in [-0.05, 0) is 43.4 Å². The maximum Gasteiger partial charge on any atom is 0.408 e. The zero-order valence-electron chi connectivity index (χ0n) is 16.5.